The van der Waals surface area contributed by atoms with E-state index in [2.05, 4.69) is 4.98 Å². The quantitative estimate of drug-likeness (QED) is 0.699. The van der Waals surface area contributed by atoms with Gasteiger partial charge in [0.1, 0.15) is 11.4 Å². The Morgan fingerprint density at radius 2 is 2.20 bits per heavy atom. The fraction of sp³-hybridized carbons (Fsp3) is 0.250. The molecule has 5 nitrogen and oxygen atoms in total. The number of carboxylic acids is 1. The molecule has 0 bridgehead atoms. The molecule has 0 saturated carbocycles. The van der Waals surface area contributed by atoms with E-state index in [1.165, 1.54) is 0 Å². The van der Waals surface area contributed by atoms with Crippen LogP contribution in [0.25, 0.3) is 0 Å². The van der Waals surface area contributed by atoms with Crippen molar-refractivity contribution in [3.05, 3.63) is 23.0 Å². The molecule has 1 aromatic rings. The molecule has 1 aromatic heterocycles. The van der Waals surface area contributed by atoms with Gasteiger partial charge < -0.3 is 15.9 Å². The molecule has 0 atom stereocenters. The molecule has 1 rings (SSSR count). The van der Waals surface area contributed by atoms with Gasteiger partial charge in [-0.05, 0) is 0 Å². The number of hydrogen-bond acceptors (Lipinski definition) is 4. The maximum Gasteiger partial charge on any atom is 0.337 e. The molecular formula is C8H8F2N2O3. The molecule has 1 heterocycles. The summed E-state index contributed by atoms with van der Waals surface area (Å²) in [5.74, 6) is -2.23. The number of carbonyl (C=O) groups is 1. The maximum absolute atomic E-state index is 12.3. The number of aromatic nitrogens is 1. The van der Waals surface area contributed by atoms with Crippen molar-refractivity contribution in [1.82, 2.24) is 4.98 Å². The Bertz CT molecular complexity index is 396. The van der Waals surface area contributed by atoms with E-state index in [4.69, 9.17) is 10.8 Å². The molecule has 15 heavy (non-hydrogen) atoms. The normalized spacial score (nSPS) is 10.7. The van der Waals surface area contributed by atoms with Gasteiger partial charge >= 0.3 is 5.97 Å². The fourth-order valence-corrected chi connectivity index (χ4v) is 1.11. The molecule has 0 aromatic carbocycles. The summed E-state index contributed by atoms with van der Waals surface area (Å²) in [6.07, 6.45) is -2.22. The highest BCUT2D eigenvalue weighted by atomic mass is 19.3. The van der Waals surface area contributed by atoms with Crippen molar-refractivity contribution in [3.63, 3.8) is 0 Å². The van der Waals surface area contributed by atoms with Crippen molar-refractivity contribution < 1.29 is 23.8 Å². The molecule has 0 saturated heterocycles. The molecule has 0 radical (unpaired) electrons. The number of rotatable bonds is 3. The lowest BCUT2D eigenvalue weighted by atomic mass is 10.1. The second kappa shape index (κ2) is 4.18. The Labute approximate surface area is 83.2 Å². The second-order valence-corrected chi connectivity index (χ2v) is 2.69. The van der Waals surface area contributed by atoms with Gasteiger partial charge in [0.15, 0.2) is 0 Å². The summed E-state index contributed by atoms with van der Waals surface area (Å²) in [6, 6.07) is 0. The third-order valence-electron chi connectivity index (χ3n) is 1.83. The Morgan fingerprint density at radius 1 is 1.60 bits per heavy atom. The van der Waals surface area contributed by atoms with Crippen molar-refractivity contribution in [2.45, 2.75) is 13.0 Å². The van der Waals surface area contributed by atoms with Crippen LogP contribution in [0.1, 0.15) is 28.0 Å². The predicted octanol–water partition coefficient (Wildman–Crippen LogP) is 0.882. The second-order valence-electron chi connectivity index (χ2n) is 2.69. The Kier molecular flexibility index (Phi) is 3.15. The largest absolute Gasteiger partial charge is 0.505 e. The van der Waals surface area contributed by atoms with Crippen LogP contribution in [0.3, 0.4) is 0 Å². The van der Waals surface area contributed by atoms with Crippen molar-refractivity contribution in [2.75, 3.05) is 0 Å². The van der Waals surface area contributed by atoms with Crippen LogP contribution in [-0.4, -0.2) is 21.2 Å². The molecule has 0 aliphatic carbocycles. The smallest absolute Gasteiger partial charge is 0.337 e. The minimum Gasteiger partial charge on any atom is -0.505 e. The lowest BCUT2D eigenvalue weighted by Crippen LogP contribution is -2.10. The Morgan fingerprint density at radius 3 is 2.60 bits per heavy atom. The van der Waals surface area contributed by atoms with Crippen molar-refractivity contribution in [3.8, 4) is 5.75 Å². The first-order chi connectivity index (χ1) is 6.99. The molecule has 0 amide bonds. The van der Waals surface area contributed by atoms with E-state index in [1.54, 1.807) is 0 Å². The Hall–Kier alpha value is -1.76. The van der Waals surface area contributed by atoms with E-state index < -0.39 is 23.8 Å². The number of nitrogens with zero attached hydrogens (tertiary/aromatic N) is 1. The van der Waals surface area contributed by atoms with Gasteiger partial charge in [0, 0.05) is 18.3 Å². The summed E-state index contributed by atoms with van der Waals surface area (Å²) < 4.78 is 24.5. The summed E-state index contributed by atoms with van der Waals surface area (Å²) in [7, 11) is 0. The first-order valence-electron chi connectivity index (χ1n) is 3.91. The molecule has 0 spiro atoms. The van der Waals surface area contributed by atoms with Crippen molar-refractivity contribution in [2.24, 2.45) is 5.73 Å². The number of halogens is 2. The monoisotopic (exact) mass is 218 g/mol. The molecule has 0 fully saturated rings. The molecular weight excluding hydrogens is 210 g/mol. The van der Waals surface area contributed by atoms with Gasteiger partial charge in [-0.2, -0.15) is 0 Å². The molecule has 0 unspecified atom stereocenters. The average Bonchev–Trinajstić information content (AvgIpc) is 2.16. The van der Waals surface area contributed by atoms with E-state index >= 15 is 0 Å². The minimum atomic E-state index is -2.97. The summed E-state index contributed by atoms with van der Waals surface area (Å²) in [4.78, 5) is 13.8. The third kappa shape index (κ3) is 2.01. The summed E-state index contributed by atoms with van der Waals surface area (Å²) in [5.41, 5.74) is 3.68. The lowest BCUT2D eigenvalue weighted by molar-refractivity contribution is 0.0693. The van der Waals surface area contributed by atoms with Gasteiger partial charge in [0.05, 0.1) is 5.56 Å². The van der Waals surface area contributed by atoms with E-state index in [-0.39, 0.29) is 17.7 Å². The average molecular weight is 218 g/mol. The number of nitrogens with two attached hydrogens (primary N) is 1. The van der Waals surface area contributed by atoms with Crippen LogP contribution in [0.4, 0.5) is 8.78 Å². The molecule has 4 N–H and O–H groups in total. The van der Waals surface area contributed by atoms with E-state index in [9.17, 15) is 18.7 Å². The van der Waals surface area contributed by atoms with Gasteiger partial charge in [-0.25, -0.2) is 13.6 Å². The number of aromatic carboxylic acids is 1. The Balaban J connectivity index is 3.39. The van der Waals surface area contributed by atoms with Crippen LogP contribution < -0.4 is 5.73 Å². The van der Waals surface area contributed by atoms with Crippen LogP contribution in [0.5, 0.6) is 5.75 Å². The fourth-order valence-electron chi connectivity index (χ4n) is 1.11. The van der Waals surface area contributed by atoms with Gasteiger partial charge in [0.2, 0.25) is 0 Å². The van der Waals surface area contributed by atoms with Crippen LogP contribution in [-0.2, 0) is 6.54 Å². The van der Waals surface area contributed by atoms with Crippen LogP contribution in [0.2, 0.25) is 0 Å². The number of hydrogen-bond donors (Lipinski definition) is 3. The van der Waals surface area contributed by atoms with Gasteiger partial charge in [-0.1, -0.05) is 0 Å². The van der Waals surface area contributed by atoms with Crippen molar-refractivity contribution >= 4 is 5.97 Å². The number of alkyl halides is 2. The highest BCUT2D eigenvalue weighted by Gasteiger charge is 2.22. The number of carboxylic acid groups (broad SMARTS) is 1. The predicted molar refractivity (Wildman–Crippen MR) is 45.7 cm³/mol. The van der Waals surface area contributed by atoms with Gasteiger partial charge in [0.25, 0.3) is 6.43 Å². The summed E-state index contributed by atoms with van der Waals surface area (Å²) in [5, 5.41) is 18.0. The SMILES string of the molecule is NCc1c(C(=O)O)cnc(C(F)F)c1O. The first-order valence-corrected chi connectivity index (χ1v) is 3.91. The summed E-state index contributed by atoms with van der Waals surface area (Å²) in [6.45, 7) is -0.351. The molecule has 7 heteroatoms. The van der Waals surface area contributed by atoms with Crippen LogP contribution in [0, 0.1) is 0 Å². The van der Waals surface area contributed by atoms with Crippen molar-refractivity contribution in [1.29, 1.82) is 0 Å². The van der Waals surface area contributed by atoms with E-state index in [1.807, 2.05) is 0 Å². The third-order valence-corrected chi connectivity index (χ3v) is 1.83. The number of aromatic hydroxyl groups is 1. The molecule has 0 aliphatic rings. The highest BCUT2D eigenvalue weighted by molar-refractivity contribution is 5.89. The molecule has 82 valence electrons. The van der Waals surface area contributed by atoms with Gasteiger partial charge in [-0.15, -0.1) is 0 Å². The summed E-state index contributed by atoms with van der Waals surface area (Å²) >= 11 is 0. The van der Waals surface area contributed by atoms with Crippen LogP contribution >= 0.6 is 0 Å². The highest BCUT2D eigenvalue weighted by Crippen LogP contribution is 2.30. The zero-order chi connectivity index (χ0) is 11.6. The number of pyridine rings is 1. The first kappa shape index (κ1) is 11.3. The van der Waals surface area contributed by atoms with Gasteiger partial charge in [-0.3, -0.25) is 4.98 Å². The zero-order valence-corrected chi connectivity index (χ0v) is 7.44. The maximum atomic E-state index is 12.3. The minimum absolute atomic E-state index is 0.243. The zero-order valence-electron chi connectivity index (χ0n) is 7.44. The van der Waals surface area contributed by atoms with Crippen LogP contribution in [0.15, 0.2) is 6.20 Å². The lowest BCUT2D eigenvalue weighted by Gasteiger charge is -2.09. The van der Waals surface area contributed by atoms with E-state index in [0.29, 0.717) is 0 Å². The van der Waals surface area contributed by atoms with E-state index in [0.717, 1.165) is 6.20 Å². The standard InChI is InChI=1S/C8H8F2N2O3/c9-7(10)5-6(13)3(1-11)4(2-12-5)8(14)15/h2,7,13H,1,11H2,(H,14,15). The topological polar surface area (TPSA) is 96.4 Å². The molecule has 0 aliphatic heterocycles.